The van der Waals surface area contributed by atoms with Crippen LogP contribution >= 0.6 is 0 Å². The maximum Gasteiger partial charge on any atom is 0.409 e. The van der Waals surface area contributed by atoms with Gasteiger partial charge < -0.3 is 19.3 Å². The highest BCUT2D eigenvalue weighted by Gasteiger charge is 2.19. The molecule has 0 atom stereocenters. The van der Waals surface area contributed by atoms with E-state index >= 15 is 0 Å². The van der Waals surface area contributed by atoms with Crippen LogP contribution in [0.3, 0.4) is 0 Å². The molecule has 0 saturated carbocycles. The molecular weight excluding hydrogens is 296 g/mol. The molecule has 0 unspecified atom stereocenters. The van der Waals surface area contributed by atoms with Gasteiger partial charge in [-0.15, -0.1) is 0 Å². The summed E-state index contributed by atoms with van der Waals surface area (Å²) in [7, 11) is 0. The third-order valence-corrected chi connectivity index (χ3v) is 4.47. The first kappa shape index (κ1) is 17.9. The lowest BCUT2D eigenvalue weighted by Crippen LogP contribution is -2.38. The van der Waals surface area contributed by atoms with Gasteiger partial charge in [-0.3, -0.25) is 0 Å². The van der Waals surface area contributed by atoms with Crippen LogP contribution in [0, 0.1) is 0 Å². The number of hydrogen-bond acceptors (Lipinski definition) is 4. The van der Waals surface area contributed by atoms with Crippen LogP contribution in [0.5, 0.6) is 0 Å². The van der Waals surface area contributed by atoms with E-state index in [1.807, 2.05) is 9.80 Å². The maximum atomic E-state index is 11.5. The summed E-state index contributed by atoms with van der Waals surface area (Å²) in [6.45, 7) is 4.50. The number of amides is 2. The minimum atomic E-state index is -0.146. The molecule has 6 heteroatoms. The number of unbranched alkanes of at least 4 members (excludes halogenated alkanes) is 6. The Labute approximate surface area is 139 Å². The lowest BCUT2D eigenvalue weighted by atomic mass is 10.1. The van der Waals surface area contributed by atoms with E-state index in [-0.39, 0.29) is 12.2 Å². The summed E-state index contributed by atoms with van der Waals surface area (Å²) < 4.78 is 10.0. The molecule has 0 radical (unpaired) electrons. The molecule has 23 heavy (non-hydrogen) atoms. The van der Waals surface area contributed by atoms with Gasteiger partial charge in [0.05, 0.1) is 13.2 Å². The van der Waals surface area contributed by atoms with Gasteiger partial charge in [-0.05, 0) is 25.7 Å². The molecule has 0 aliphatic carbocycles. The molecule has 0 N–H and O–H groups in total. The van der Waals surface area contributed by atoms with Crippen molar-refractivity contribution in [1.29, 1.82) is 0 Å². The fourth-order valence-corrected chi connectivity index (χ4v) is 3.09. The molecule has 0 bridgehead atoms. The van der Waals surface area contributed by atoms with Gasteiger partial charge in [0, 0.05) is 26.2 Å². The Morgan fingerprint density at radius 3 is 1.43 bits per heavy atom. The van der Waals surface area contributed by atoms with Crippen LogP contribution in [0.1, 0.15) is 57.8 Å². The highest BCUT2D eigenvalue weighted by molar-refractivity contribution is 5.68. The molecule has 2 aliphatic rings. The van der Waals surface area contributed by atoms with Crippen LogP contribution in [-0.4, -0.2) is 61.4 Å². The van der Waals surface area contributed by atoms with E-state index in [9.17, 15) is 9.59 Å². The Kier molecular flexibility index (Phi) is 8.04. The van der Waals surface area contributed by atoms with Gasteiger partial charge in [-0.1, -0.05) is 32.1 Å². The van der Waals surface area contributed by atoms with E-state index < -0.39 is 0 Å². The standard InChI is InChI=1S/C17H30N2O4/c20-16-18(12-8-14-22-16)10-6-4-2-1-3-5-7-11-19-13-9-15-23-17(19)21/h1-15H2. The van der Waals surface area contributed by atoms with Gasteiger partial charge in [-0.2, -0.15) is 0 Å². The highest BCUT2D eigenvalue weighted by Crippen LogP contribution is 2.12. The minimum absolute atomic E-state index is 0.146. The number of carbonyl (C=O) groups excluding carboxylic acids is 2. The smallest absolute Gasteiger partial charge is 0.409 e. The summed E-state index contributed by atoms with van der Waals surface area (Å²) in [5, 5.41) is 0. The molecule has 2 saturated heterocycles. The van der Waals surface area contributed by atoms with Gasteiger partial charge in [0.15, 0.2) is 0 Å². The number of rotatable bonds is 10. The van der Waals surface area contributed by atoms with Crippen molar-refractivity contribution < 1.29 is 19.1 Å². The van der Waals surface area contributed by atoms with Crippen LogP contribution in [0.25, 0.3) is 0 Å². The van der Waals surface area contributed by atoms with Crippen molar-refractivity contribution in [3.63, 3.8) is 0 Å². The zero-order valence-corrected chi connectivity index (χ0v) is 14.1. The second-order valence-electron chi connectivity index (χ2n) is 6.38. The Morgan fingerprint density at radius 2 is 1.04 bits per heavy atom. The van der Waals surface area contributed by atoms with Gasteiger partial charge in [-0.25, -0.2) is 9.59 Å². The van der Waals surface area contributed by atoms with Crippen LogP contribution in [0.4, 0.5) is 9.59 Å². The molecule has 0 spiro atoms. The molecule has 2 amide bonds. The average Bonchev–Trinajstić information content (AvgIpc) is 2.56. The molecule has 2 fully saturated rings. The normalized spacial score (nSPS) is 18.8. The largest absolute Gasteiger partial charge is 0.449 e. The predicted molar refractivity (Wildman–Crippen MR) is 87.4 cm³/mol. The average molecular weight is 326 g/mol. The monoisotopic (exact) mass is 326 g/mol. The number of nitrogens with zero attached hydrogens (tertiary/aromatic N) is 2. The fourth-order valence-electron chi connectivity index (χ4n) is 3.09. The second kappa shape index (κ2) is 10.3. The van der Waals surface area contributed by atoms with E-state index in [1.54, 1.807) is 0 Å². The van der Waals surface area contributed by atoms with Gasteiger partial charge in [0.1, 0.15) is 0 Å². The first-order valence-corrected chi connectivity index (χ1v) is 9.11. The van der Waals surface area contributed by atoms with Crippen molar-refractivity contribution in [3.8, 4) is 0 Å². The Morgan fingerprint density at radius 1 is 0.652 bits per heavy atom. The Bertz CT molecular complexity index is 342. The van der Waals surface area contributed by atoms with E-state index in [1.165, 1.54) is 32.1 Å². The van der Waals surface area contributed by atoms with Crippen LogP contribution in [-0.2, 0) is 9.47 Å². The minimum Gasteiger partial charge on any atom is -0.449 e. The van der Waals surface area contributed by atoms with E-state index in [0.29, 0.717) is 13.2 Å². The van der Waals surface area contributed by atoms with Crippen molar-refractivity contribution in [2.75, 3.05) is 39.4 Å². The van der Waals surface area contributed by atoms with Crippen molar-refractivity contribution in [3.05, 3.63) is 0 Å². The second-order valence-corrected chi connectivity index (χ2v) is 6.38. The first-order valence-electron chi connectivity index (χ1n) is 9.11. The van der Waals surface area contributed by atoms with E-state index in [2.05, 4.69) is 0 Å². The quantitative estimate of drug-likeness (QED) is 0.577. The van der Waals surface area contributed by atoms with Crippen molar-refractivity contribution in [1.82, 2.24) is 9.80 Å². The molecule has 132 valence electrons. The van der Waals surface area contributed by atoms with Crippen molar-refractivity contribution in [2.24, 2.45) is 0 Å². The summed E-state index contributed by atoms with van der Waals surface area (Å²) in [5.41, 5.74) is 0. The van der Waals surface area contributed by atoms with Crippen LogP contribution in [0.15, 0.2) is 0 Å². The maximum absolute atomic E-state index is 11.5. The van der Waals surface area contributed by atoms with Crippen molar-refractivity contribution >= 4 is 12.2 Å². The number of hydrogen-bond donors (Lipinski definition) is 0. The van der Waals surface area contributed by atoms with Gasteiger partial charge >= 0.3 is 12.2 Å². The Hall–Kier alpha value is -1.46. The first-order chi connectivity index (χ1) is 11.3. The third-order valence-electron chi connectivity index (χ3n) is 4.47. The van der Waals surface area contributed by atoms with Gasteiger partial charge in [0.25, 0.3) is 0 Å². The zero-order valence-electron chi connectivity index (χ0n) is 14.1. The molecule has 0 aromatic heterocycles. The van der Waals surface area contributed by atoms with E-state index in [0.717, 1.165) is 51.9 Å². The summed E-state index contributed by atoms with van der Waals surface area (Å²) in [4.78, 5) is 26.5. The van der Waals surface area contributed by atoms with Crippen LogP contribution in [0.2, 0.25) is 0 Å². The fraction of sp³-hybridized carbons (Fsp3) is 0.882. The lowest BCUT2D eigenvalue weighted by Gasteiger charge is -2.26. The molecule has 2 heterocycles. The summed E-state index contributed by atoms with van der Waals surface area (Å²) in [6, 6.07) is 0. The SMILES string of the molecule is O=C1OCCCN1CCCCCCCCCN1CCCOC1=O. The molecule has 6 nitrogen and oxygen atoms in total. The summed E-state index contributed by atoms with van der Waals surface area (Å²) >= 11 is 0. The third kappa shape index (κ3) is 6.67. The lowest BCUT2D eigenvalue weighted by molar-refractivity contribution is 0.0718. The highest BCUT2D eigenvalue weighted by atomic mass is 16.6. The van der Waals surface area contributed by atoms with Crippen molar-refractivity contribution in [2.45, 2.75) is 57.8 Å². The van der Waals surface area contributed by atoms with Crippen LogP contribution < -0.4 is 0 Å². The predicted octanol–water partition coefficient (Wildman–Crippen LogP) is 3.40. The molecular formula is C17H30N2O4. The summed E-state index contributed by atoms with van der Waals surface area (Å²) in [6.07, 6.45) is 9.75. The van der Waals surface area contributed by atoms with Gasteiger partial charge in [0.2, 0.25) is 0 Å². The molecule has 2 rings (SSSR count). The summed E-state index contributed by atoms with van der Waals surface area (Å²) in [5.74, 6) is 0. The Balaban J connectivity index is 1.38. The molecule has 0 aromatic rings. The molecule has 2 aliphatic heterocycles. The topological polar surface area (TPSA) is 59.1 Å². The number of cyclic esters (lactones) is 2. The van der Waals surface area contributed by atoms with E-state index in [4.69, 9.17) is 9.47 Å². The number of ether oxygens (including phenoxy) is 2. The molecule has 0 aromatic carbocycles. The zero-order chi connectivity index (χ0) is 16.3. The number of carbonyl (C=O) groups is 2.